The molecule has 0 aliphatic heterocycles. The Bertz CT molecular complexity index is 333. The van der Waals surface area contributed by atoms with Crippen molar-refractivity contribution in [2.75, 3.05) is 7.05 Å². The van der Waals surface area contributed by atoms with Gasteiger partial charge in [0.25, 0.3) is 0 Å². The summed E-state index contributed by atoms with van der Waals surface area (Å²) in [5.41, 5.74) is 2.14. The first kappa shape index (κ1) is 11.7. The lowest BCUT2D eigenvalue weighted by Gasteiger charge is -2.19. The van der Waals surface area contributed by atoms with Crippen molar-refractivity contribution < 1.29 is 9.90 Å². The number of nitrogens with two attached hydrogens (primary N) is 1. The number of hydrogen-bond donors (Lipinski definition) is 2. The number of carboxylic acid groups (broad SMARTS) is 1. The molecule has 1 aromatic rings. The van der Waals surface area contributed by atoms with Crippen molar-refractivity contribution in [1.82, 2.24) is 5.01 Å². The summed E-state index contributed by atoms with van der Waals surface area (Å²) < 4.78 is 0. The Morgan fingerprint density at radius 3 is 2.40 bits per heavy atom. The predicted molar refractivity (Wildman–Crippen MR) is 58.3 cm³/mol. The van der Waals surface area contributed by atoms with Crippen molar-refractivity contribution in [2.45, 2.75) is 19.4 Å². The molecule has 0 unspecified atom stereocenters. The average Bonchev–Trinajstić information content (AvgIpc) is 2.15. The van der Waals surface area contributed by atoms with Gasteiger partial charge < -0.3 is 5.11 Å². The van der Waals surface area contributed by atoms with Crippen LogP contribution in [-0.2, 0) is 11.2 Å². The van der Waals surface area contributed by atoms with E-state index in [1.165, 1.54) is 5.01 Å². The number of hydrazine groups is 1. The zero-order valence-corrected chi connectivity index (χ0v) is 8.97. The summed E-state index contributed by atoms with van der Waals surface area (Å²) in [5.74, 6) is 4.57. The third-order valence-electron chi connectivity index (χ3n) is 2.33. The van der Waals surface area contributed by atoms with E-state index in [4.69, 9.17) is 10.9 Å². The van der Waals surface area contributed by atoms with Crippen LogP contribution in [0.4, 0.5) is 0 Å². The molecule has 0 amide bonds. The van der Waals surface area contributed by atoms with E-state index in [0.717, 1.165) is 11.1 Å². The molecule has 0 fully saturated rings. The summed E-state index contributed by atoms with van der Waals surface area (Å²) in [6.45, 7) is 1.99. The van der Waals surface area contributed by atoms with Crippen LogP contribution in [0, 0.1) is 6.92 Å². The highest BCUT2D eigenvalue weighted by atomic mass is 16.4. The fourth-order valence-corrected chi connectivity index (χ4v) is 1.35. The van der Waals surface area contributed by atoms with Crippen LogP contribution in [0.25, 0.3) is 0 Å². The van der Waals surface area contributed by atoms with Gasteiger partial charge in [0.15, 0.2) is 0 Å². The molecule has 1 aromatic carbocycles. The molecule has 0 aromatic heterocycles. The van der Waals surface area contributed by atoms with Gasteiger partial charge in [-0.2, -0.15) is 0 Å². The largest absolute Gasteiger partial charge is 0.480 e. The summed E-state index contributed by atoms with van der Waals surface area (Å²) in [6.07, 6.45) is 0.419. The minimum absolute atomic E-state index is 0.419. The average molecular weight is 208 g/mol. The van der Waals surface area contributed by atoms with E-state index in [2.05, 4.69) is 0 Å². The van der Waals surface area contributed by atoms with Crippen LogP contribution in [0.5, 0.6) is 0 Å². The molecule has 0 bridgehead atoms. The maximum Gasteiger partial charge on any atom is 0.322 e. The molecule has 1 atom stereocenters. The van der Waals surface area contributed by atoms with Crippen molar-refractivity contribution in [3.05, 3.63) is 35.4 Å². The third kappa shape index (κ3) is 3.34. The summed E-state index contributed by atoms with van der Waals surface area (Å²) >= 11 is 0. The van der Waals surface area contributed by atoms with E-state index < -0.39 is 12.0 Å². The zero-order valence-electron chi connectivity index (χ0n) is 8.97. The van der Waals surface area contributed by atoms with Crippen molar-refractivity contribution >= 4 is 5.97 Å². The number of rotatable bonds is 4. The molecule has 0 aliphatic carbocycles. The SMILES string of the molecule is Cc1ccc(C[C@@H](C(=O)O)N(C)N)cc1. The van der Waals surface area contributed by atoms with E-state index in [0.29, 0.717) is 6.42 Å². The topological polar surface area (TPSA) is 66.6 Å². The third-order valence-corrected chi connectivity index (χ3v) is 2.33. The van der Waals surface area contributed by atoms with Crippen LogP contribution in [-0.4, -0.2) is 29.2 Å². The second kappa shape index (κ2) is 4.91. The number of nitrogens with zero attached hydrogens (tertiary/aromatic N) is 1. The van der Waals surface area contributed by atoms with Crippen molar-refractivity contribution in [1.29, 1.82) is 0 Å². The lowest BCUT2D eigenvalue weighted by atomic mass is 10.0. The number of hydrogen-bond acceptors (Lipinski definition) is 3. The molecule has 3 N–H and O–H groups in total. The van der Waals surface area contributed by atoms with Gasteiger partial charge in [-0.15, -0.1) is 0 Å². The van der Waals surface area contributed by atoms with Crippen LogP contribution < -0.4 is 5.84 Å². The maximum atomic E-state index is 10.9. The highest BCUT2D eigenvalue weighted by Gasteiger charge is 2.20. The lowest BCUT2D eigenvalue weighted by Crippen LogP contribution is -2.44. The van der Waals surface area contributed by atoms with E-state index in [1.807, 2.05) is 31.2 Å². The molecular formula is C11H16N2O2. The molecule has 0 radical (unpaired) electrons. The lowest BCUT2D eigenvalue weighted by molar-refractivity contribution is -0.142. The number of likely N-dealkylation sites (N-methyl/N-ethyl adjacent to an activating group) is 1. The number of aryl methyl sites for hydroxylation is 1. The molecule has 0 heterocycles. The van der Waals surface area contributed by atoms with Crippen LogP contribution >= 0.6 is 0 Å². The number of carboxylic acids is 1. The Kier molecular flexibility index (Phi) is 3.82. The molecule has 0 saturated heterocycles. The molecule has 15 heavy (non-hydrogen) atoms. The highest BCUT2D eigenvalue weighted by molar-refractivity contribution is 5.73. The Morgan fingerprint density at radius 2 is 2.00 bits per heavy atom. The summed E-state index contributed by atoms with van der Waals surface area (Å²) in [7, 11) is 1.56. The van der Waals surface area contributed by atoms with Crippen molar-refractivity contribution in [3.63, 3.8) is 0 Å². The van der Waals surface area contributed by atoms with E-state index in [1.54, 1.807) is 7.05 Å². The van der Waals surface area contributed by atoms with Gasteiger partial charge in [0.05, 0.1) is 0 Å². The Morgan fingerprint density at radius 1 is 1.47 bits per heavy atom. The Balaban J connectivity index is 2.74. The van der Waals surface area contributed by atoms with Gasteiger partial charge >= 0.3 is 5.97 Å². The van der Waals surface area contributed by atoms with Crippen LogP contribution in [0.1, 0.15) is 11.1 Å². The molecule has 0 spiro atoms. The molecule has 4 nitrogen and oxygen atoms in total. The molecule has 0 saturated carbocycles. The Hall–Kier alpha value is -1.39. The van der Waals surface area contributed by atoms with Crippen molar-refractivity contribution in [3.8, 4) is 0 Å². The van der Waals surface area contributed by atoms with Gasteiger partial charge in [0.2, 0.25) is 0 Å². The van der Waals surface area contributed by atoms with E-state index in [-0.39, 0.29) is 0 Å². The van der Waals surface area contributed by atoms with Gasteiger partial charge in [-0.1, -0.05) is 29.8 Å². The van der Waals surface area contributed by atoms with E-state index in [9.17, 15) is 4.79 Å². The van der Waals surface area contributed by atoms with Gasteiger partial charge in [-0.05, 0) is 18.9 Å². The Labute approximate surface area is 89.3 Å². The first-order valence-corrected chi connectivity index (χ1v) is 4.76. The molecule has 0 aliphatic rings. The standard InChI is InChI=1S/C11H16N2O2/c1-8-3-5-9(6-4-8)7-10(11(14)15)13(2)12/h3-6,10H,7,12H2,1-2H3,(H,14,15)/t10-/m0/s1. The molecule has 82 valence electrons. The number of aliphatic carboxylic acids is 1. The minimum atomic E-state index is -0.902. The van der Waals surface area contributed by atoms with Crippen LogP contribution in [0.3, 0.4) is 0 Å². The normalized spacial score (nSPS) is 12.8. The van der Waals surface area contributed by atoms with Crippen LogP contribution in [0.15, 0.2) is 24.3 Å². The number of benzene rings is 1. The van der Waals surface area contributed by atoms with Crippen LogP contribution in [0.2, 0.25) is 0 Å². The summed E-state index contributed by atoms with van der Waals surface area (Å²) in [4.78, 5) is 10.9. The quantitative estimate of drug-likeness (QED) is 0.567. The maximum absolute atomic E-state index is 10.9. The zero-order chi connectivity index (χ0) is 11.4. The first-order chi connectivity index (χ1) is 7.00. The summed E-state index contributed by atoms with van der Waals surface area (Å²) in [6, 6.07) is 7.10. The molecule has 1 rings (SSSR count). The monoisotopic (exact) mass is 208 g/mol. The van der Waals surface area contributed by atoms with Crippen molar-refractivity contribution in [2.24, 2.45) is 5.84 Å². The molecular weight excluding hydrogens is 192 g/mol. The fraction of sp³-hybridized carbons (Fsp3) is 0.364. The van der Waals surface area contributed by atoms with E-state index >= 15 is 0 Å². The number of carbonyl (C=O) groups is 1. The van der Waals surface area contributed by atoms with Gasteiger partial charge in [-0.3, -0.25) is 10.6 Å². The summed E-state index contributed by atoms with van der Waals surface area (Å²) in [5, 5.41) is 10.2. The van der Waals surface area contributed by atoms with Gasteiger partial charge in [0.1, 0.15) is 6.04 Å². The second-order valence-corrected chi connectivity index (χ2v) is 3.71. The first-order valence-electron chi connectivity index (χ1n) is 4.76. The fourth-order valence-electron chi connectivity index (χ4n) is 1.35. The second-order valence-electron chi connectivity index (χ2n) is 3.71. The predicted octanol–water partition coefficient (Wildman–Crippen LogP) is 0.796. The highest BCUT2D eigenvalue weighted by Crippen LogP contribution is 2.08. The van der Waals surface area contributed by atoms with Gasteiger partial charge in [-0.25, -0.2) is 5.01 Å². The van der Waals surface area contributed by atoms with Gasteiger partial charge in [0, 0.05) is 7.05 Å². The smallest absolute Gasteiger partial charge is 0.322 e. The molecule has 4 heteroatoms. The minimum Gasteiger partial charge on any atom is -0.480 e.